The molecule has 1 N–H and O–H groups in total. The van der Waals surface area contributed by atoms with Gasteiger partial charge in [-0.05, 0) is 26.0 Å². The summed E-state index contributed by atoms with van der Waals surface area (Å²) in [5.74, 6) is 0. The van der Waals surface area contributed by atoms with Gasteiger partial charge >= 0.3 is 13.2 Å². The van der Waals surface area contributed by atoms with Gasteiger partial charge in [-0.3, -0.25) is 14.9 Å². The van der Waals surface area contributed by atoms with Crippen LogP contribution in [0.1, 0.15) is 13.8 Å². The number of benzene rings is 1. The summed E-state index contributed by atoms with van der Waals surface area (Å²) in [6, 6.07) is 5.11. The van der Waals surface area contributed by atoms with Gasteiger partial charge < -0.3 is 14.4 Å². The molecule has 0 fully saturated rings. The summed E-state index contributed by atoms with van der Waals surface area (Å²) in [6.45, 7) is 3.30. The summed E-state index contributed by atoms with van der Waals surface area (Å²) >= 11 is 0. The molecule has 0 aliphatic heterocycles. The maximum atomic E-state index is 12.1. The molecule has 0 radical (unpaired) electrons. The lowest BCUT2D eigenvalue weighted by Crippen LogP contribution is -2.14. The van der Waals surface area contributed by atoms with E-state index >= 15 is 0 Å². The van der Waals surface area contributed by atoms with Gasteiger partial charge in [0.1, 0.15) is 0 Å². The maximum Gasteiger partial charge on any atom is 0.418 e. The van der Waals surface area contributed by atoms with Crippen LogP contribution in [0.4, 0.5) is 16.2 Å². The van der Waals surface area contributed by atoms with Gasteiger partial charge in [-0.25, -0.2) is 4.57 Å². The van der Waals surface area contributed by atoms with Gasteiger partial charge in [0.25, 0.3) is 5.69 Å². The number of anilines is 1. The van der Waals surface area contributed by atoms with E-state index in [0.717, 1.165) is 0 Å². The van der Waals surface area contributed by atoms with Crippen LogP contribution in [0.15, 0.2) is 24.3 Å². The molecular formula is C11H15N2O6P. The van der Waals surface area contributed by atoms with E-state index in [4.69, 9.17) is 9.05 Å². The van der Waals surface area contributed by atoms with Crippen molar-refractivity contribution < 1.29 is 23.3 Å². The molecule has 0 spiro atoms. The van der Waals surface area contributed by atoms with E-state index in [1.54, 1.807) is 13.8 Å². The van der Waals surface area contributed by atoms with Gasteiger partial charge in [0.15, 0.2) is 0 Å². The van der Waals surface area contributed by atoms with Gasteiger partial charge in [-0.15, -0.1) is 0 Å². The van der Waals surface area contributed by atoms with Crippen molar-refractivity contribution in [3.05, 3.63) is 34.4 Å². The Labute approximate surface area is 115 Å². The second-order valence-electron chi connectivity index (χ2n) is 3.57. The van der Waals surface area contributed by atoms with Crippen LogP contribution < -0.4 is 5.32 Å². The van der Waals surface area contributed by atoms with Crippen molar-refractivity contribution in [1.82, 2.24) is 0 Å². The highest BCUT2D eigenvalue weighted by molar-refractivity contribution is 7.72. The van der Waals surface area contributed by atoms with Crippen LogP contribution >= 0.6 is 7.60 Å². The number of carbonyl (C=O) groups excluding carboxylic acids is 1. The molecule has 0 saturated carbocycles. The van der Waals surface area contributed by atoms with E-state index in [-0.39, 0.29) is 24.6 Å². The van der Waals surface area contributed by atoms with Gasteiger partial charge in [-0.1, -0.05) is 0 Å². The lowest BCUT2D eigenvalue weighted by molar-refractivity contribution is -0.384. The van der Waals surface area contributed by atoms with Crippen molar-refractivity contribution in [2.75, 3.05) is 18.5 Å². The van der Waals surface area contributed by atoms with Crippen molar-refractivity contribution in [2.24, 2.45) is 0 Å². The smallest absolute Gasteiger partial charge is 0.316 e. The third-order valence-corrected chi connectivity index (χ3v) is 3.98. The number of carbonyl (C=O) groups is 1. The van der Waals surface area contributed by atoms with Crippen LogP contribution in [0.25, 0.3) is 0 Å². The summed E-state index contributed by atoms with van der Waals surface area (Å²) in [5.41, 5.74) is -0.754. The Morgan fingerprint density at radius 3 is 2.15 bits per heavy atom. The Morgan fingerprint density at radius 1 is 1.25 bits per heavy atom. The van der Waals surface area contributed by atoms with E-state index in [2.05, 4.69) is 5.32 Å². The van der Waals surface area contributed by atoms with Gasteiger partial charge in [0.2, 0.25) is 0 Å². The monoisotopic (exact) mass is 302 g/mol. The van der Waals surface area contributed by atoms with Crippen LogP contribution in [-0.2, 0) is 13.6 Å². The Bertz CT molecular complexity index is 520. The van der Waals surface area contributed by atoms with E-state index in [1.165, 1.54) is 24.3 Å². The molecule has 0 heterocycles. The lowest BCUT2D eigenvalue weighted by atomic mass is 10.3. The van der Waals surface area contributed by atoms with E-state index in [1.807, 2.05) is 0 Å². The van der Waals surface area contributed by atoms with Crippen LogP contribution in [0.2, 0.25) is 0 Å². The lowest BCUT2D eigenvalue weighted by Gasteiger charge is -2.15. The number of hydrogen-bond acceptors (Lipinski definition) is 6. The van der Waals surface area contributed by atoms with Gasteiger partial charge in [0.05, 0.1) is 18.1 Å². The van der Waals surface area contributed by atoms with E-state index in [0.29, 0.717) is 0 Å². The summed E-state index contributed by atoms with van der Waals surface area (Å²) < 4.78 is 21.9. The number of nitro groups is 1. The average molecular weight is 302 g/mol. The number of non-ortho nitro benzene ring substituents is 1. The van der Waals surface area contributed by atoms with Crippen molar-refractivity contribution >= 4 is 24.6 Å². The molecular weight excluding hydrogens is 287 g/mol. The number of rotatable bonds is 7. The fourth-order valence-electron chi connectivity index (χ4n) is 1.35. The predicted molar refractivity (Wildman–Crippen MR) is 73.0 cm³/mol. The first-order chi connectivity index (χ1) is 9.42. The van der Waals surface area contributed by atoms with Crippen LogP contribution in [0, 0.1) is 10.1 Å². The van der Waals surface area contributed by atoms with E-state index in [9.17, 15) is 19.5 Å². The Balaban J connectivity index is 2.82. The molecule has 0 aromatic heterocycles. The molecule has 0 saturated heterocycles. The summed E-state index contributed by atoms with van der Waals surface area (Å²) in [6.07, 6.45) is 0. The summed E-state index contributed by atoms with van der Waals surface area (Å²) in [7, 11) is -3.89. The fourth-order valence-corrected chi connectivity index (χ4v) is 2.61. The van der Waals surface area contributed by atoms with Crippen LogP contribution in [0.5, 0.6) is 0 Å². The maximum absolute atomic E-state index is 12.1. The highest BCUT2D eigenvalue weighted by Crippen LogP contribution is 2.49. The quantitative estimate of drug-likeness (QED) is 0.470. The molecule has 0 unspecified atom stereocenters. The fraction of sp³-hybridized carbons (Fsp3) is 0.364. The predicted octanol–water partition coefficient (Wildman–Crippen LogP) is 3.39. The van der Waals surface area contributed by atoms with Crippen molar-refractivity contribution in [1.29, 1.82) is 0 Å². The molecule has 8 nitrogen and oxygen atoms in total. The standard InChI is InChI=1S/C11H15N2O6P/c1-3-18-20(17,19-4-2)11(14)12-9-5-7-10(8-6-9)13(15)16/h5-8H,3-4H2,1-2H3,(H,12,14). The Morgan fingerprint density at radius 2 is 1.75 bits per heavy atom. The second-order valence-corrected chi connectivity index (χ2v) is 5.48. The summed E-state index contributed by atoms with van der Waals surface area (Å²) in [4.78, 5) is 21.8. The molecule has 0 aliphatic rings. The minimum atomic E-state index is -3.89. The van der Waals surface area contributed by atoms with Crippen LogP contribution in [-0.4, -0.2) is 23.8 Å². The number of hydrogen-bond donors (Lipinski definition) is 1. The molecule has 1 aromatic carbocycles. The summed E-state index contributed by atoms with van der Waals surface area (Å²) in [5, 5.41) is 12.8. The molecule has 1 aromatic rings. The molecule has 1 amide bonds. The normalized spacial score (nSPS) is 11.1. The third kappa shape index (κ3) is 4.12. The zero-order valence-electron chi connectivity index (χ0n) is 11.1. The molecule has 0 aliphatic carbocycles. The highest BCUT2D eigenvalue weighted by Gasteiger charge is 2.34. The topological polar surface area (TPSA) is 108 Å². The number of amides is 1. The number of nitrogens with zero attached hydrogens (tertiary/aromatic N) is 1. The molecule has 9 heteroatoms. The first-order valence-corrected chi connectivity index (χ1v) is 7.42. The number of nitrogens with one attached hydrogen (secondary N) is 1. The van der Waals surface area contributed by atoms with Crippen LogP contribution in [0.3, 0.4) is 0 Å². The van der Waals surface area contributed by atoms with Gasteiger partial charge in [0, 0.05) is 17.8 Å². The zero-order chi connectivity index (χ0) is 15.2. The SMILES string of the molecule is CCOP(=O)(OCC)C(=O)Nc1ccc([N+](=O)[O-])cc1. The first-order valence-electron chi connectivity index (χ1n) is 5.88. The third-order valence-electron chi connectivity index (χ3n) is 2.18. The van der Waals surface area contributed by atoms with Crippen molar-refractivity contribution in [3.63, 3.8) is 0 Å². The highest BCUT2D eigenvalue weighted by atomic mass is 31.2. The molecule has 1 rings (SSSR count). The Kier molecular flexibility index (Phi) is 5.82. The molecule has 20 heavy (non-hydrogen) atoms. The average Bonchev–Trinajstić information content (AvgIpc) is 2.39. The Hall–Kier alpha value is -1.76. The molecule has 0 atom stereocenters. The van der Waals surface area contributed by atoms with Gasteiger partial charge in [-0.2, -0.15) is 0 Å². The first kappa shape index (κ1) is 16.3. The second kappa shape index (κ2) is 7.14. The van der Waals surface area contributed by atoms with E-state index < -0.39 is 18.2 Å². The van der Waals surface area contributed by atoms with Crippen molar-refractivity contribution in [3.8, 4) is 0 Å². The van der Waals surface area contributed by atoms with Crippen molar-refractivity contribution in [2.45, 2.75) is 13.8 Å². The molecule has 110 valence electrons. The minimum Gasteiger partial charge on any atom is -0.316 e. The minimum absolute atomic E-state index is 0.0605. The number of nitro benzene ring substituents is 1. The largest absolute Gasteiger partial charge is 0.418 e. The zero-order valence-corrected chi connectivity index (χ0v) is 12.0. The molecule has 0 bridgehead atoms.